The Morgan fingerprint density at radius 3 is 1.28 bits per heavy atom. The second-order valence-corrected chi connectivity index (χ2v) is 46.5. The average molecular weight is 1600 g/mol. The summed E-state index contributed by atoms with van der Waals surface area (Å²) in [5, 5.41) is 76.2. The molecule has 2 saturated heterocycles. The fraction of sp³-hybridized carbons (Fsp3) is 0.750. The maximum Gasteiger partial charge on any atom is 0.338 e. The number of rotatable bonds is 26. The van der Waals surface area contributed by atoms with Crippen LogP contribution >= 0.6 is 0 Å². The average Bonchev–Trinajstić information content (AvgIpc) is 0.672. The molecule has 0 spiro atoms. The zero-order chi connectivity index (χ0) is 83.5. The number of hydrogen-bond acceptors (Lipinski definition) is 22. The predicted molar refractivity (Wildman–Crippen MR) is 428 cm³/mol. The molecule has 0 aromatic heterocycles. The summed E-state index contributed by atoms with van der Waals surface area (Å²) in [6.07, 6.45) is -11.6. The van der Waals surface area contributed by atoms with E-state index in [-0.39, 0.29) is 55.4 Å². The molecule has 6 fully saturated rings. The normalized spacial score (nSPS) is 36.2. The van der Waals surface area contributed by atoms with Gasteiger partial charge in [-0.15, -0.1) is 0 Å². The van der Waals surface area contributed by atoms with Crippen molar-refractivity contribution in [3.05, 3.63) is 94.1 Å². The molecule has 2 aliphatic heterocycles. The number of ether oxygens (including phenoxy) is 8. The summed E-state index contributed by atoms with van der Waals surface area (Å²) < 4.78 is 65.2. The minimum Gasteiger partial charge on any atom is -0.456 e. The fourth-order valence-corrected chi connectivity index (χ4v) is 28.4. The number of aliphatic hydroxyl groups excluding tert-OH is 4. The third-order valence-electron chi connectivity index (χ3n) is 29.3. The lowest BCUT2D eigenvalue weighted by Gasteiger charge is -2.70. The summed E-state index contributed by atoms with van der Waals surface area (Å²) in [4.78, 5) is 83.2. The Kier molecular flexibility index (Phi) is 27.5. The number of esters is 6. The molecule has 24 atom stereocenters. The van der Waals surface area contributed by atoms with Crippen LogP contribution in [0.3, 0.4) is 0 Å². The van der Waals surface area contributed by atoms with Gasteiger partial charge in [0, 0.05) is 73.0 Å². The molecule has 112 heavy (non-hydrogen) atoms. The fourth-order valence-electron chi connectivity index (χ4n) is 22.5. The molecule has 2 aromatic rings. The molecule has 4 bridgehead atoms. The minimum atomic E-state index is -2.40. The van der Waals surface area contributed by atoms with Gasteiger partial charge in [0.05, 0.1) is 60.6 Å². The van der Waals surface area contributed by atoms with Crippen molar-refractivity contribution in [2.45, 2.75) is 337 Å². The van der Waals surface area contributed by atoms with Crippen LogP contribution in [0.2, 0.25) is 36.3 Å². The Morgan fingerprint density at radius 1 is 0.527 bits per heavy atom. The van der Waals surface area contributed by atoms with Crippen molar-refractivity contribution >= 4 is 52.5 Å². The molecule has 6 N–H and O–H groups in total. The van der Waals surface area contributed by atoms with Gasteiger partial charge in [-0.05, 0) is 122 Å². The Morgan fingerprint density at radius 2 is 0.902 bits per heavy atom. The Balaban J connectivity index is 0.000000265. The molecular weight excluding hydrogens is 1470 g/mol. The summed E-state index contributed by atoms with van der Waals surface area (Å²) >= 11 is 0. The molecule has 24 heteroatoms. The monoisotopic (exact) mass is 1600 g/mol. The molecule has 10 rings (SSSR count). The highest BCUT2D eigenvalue weighted by molar-refractivity contribution is 6.74. The maximum atomic E-state index is 14.9. The smallest absolute Gasteiger partial charge is 0.338 e. The molecule has 8 aliphatic rings. The summed E-state index contributed by atoms with van der Waals surface area (Å²) in [6, 6.07) is 22.0. The molecule has 0 radical (unpaired) electrons. The lowest BCUT2D eigenvalue weighted by molar-refractivity contribution is -0.363. The number of aliphatic hydroxyl groups is 6. The van der Waals surface area contributed by atoms with Gasteiger partial charge in [-0.2, -0.15) is 0 Å². The highest BCUT2D eigenvalue weighted by Gasteiger charge is 2.80. The van der Waals surface area contributed by atoms with Crippen LogP contribution in [0, 0.1) is 69.0 Å². The van der Waals surface area contributed by atoms with E-state index >= 15 is 0 Å². The highest BCUT2D eigenvalue weighted by atomic mass is 28.4. The van der Waals surface area contributed by atoms with Crippen LogP contribution in [0.4, 0.5) is 0 Å². The number of carbonyl (C=O) groups is 6. The van der Waals surface area contributed by atoms with Crippen molar-refractivity contribution in [2.24, 2.45) is 69.0 Å². The standard InChI is InChI=1S/C50H82O11Si2.C38H54O11/c1-16-62(17-2,18-3)60-38-28-39-49(30-56-39,59-35(12)51)42-44(58-45(53)36-25-23-22-24-26-36)50(55)29-37(33(10)40(47(50,13)14)34(11)43(52)48(38,42)15)57-46(54)41(32(9)27-31(7)8)61-63(19-4,20-5)21-6;1-19(2)15-20(3)29(41)34(44)47-25-17-38(45)32(48-33(43)24-13-11-10-12-14-24)30-36(9,31(42)22(5)28(21(25)4)35(38,7)8)26(40)16-27-37(30,18-46-27)49-23(6)39/h22-26,31-32,34,37-39,41-44,52,55H,16-21,27-30H2,1-15H3;10-14,19-20,22,25-27,29-32,40-42,45H,15-18H2,1-9H3/t32-,34-,37-,38-,39+,41?,42-,43-,44-,48+,49-,50+;20-,22-,25-,26-,27+,29?,30-,31-,32-,36+,37-,38+/m00/s1. The molecule has 22 nitrogen and oxygen atoms in total. The van der Waals surface area contributed by atoms with E-state index in [9.17, 15) is 59.4 Å². The van der Waals surface area contributed by atoms with Gasteiger partial charge in [0.1, 0.15) is 53.9 Å². The van der Waals surface area contributed by atoms with Crippen molar-refractivity contribution in [2.75, 3.05) is 13.2 Å². The molecule has 2 aromatic carbocycles. The van der Waals surface area contributed by atoms with E-state index in [4.69, 9.17) is 46.7 Å². The van der Waals surface area contributed by atoms with Gasteiger partial charge in [0.2, 0.25) is 0 Å². The first-order chi connectivity index (χ1) is 52.2. The maximum absolute atomic E-state index is 14.9. The summed E-state index contributed by atoms with van der Waals surface area (Å²) in [5.41, 5.74) is -8.84. The highest BCUT2D eigenvalue weighted by Crippen LogP contribution is 2.69. The topological polar surface area (TPSA) is 316 Å². The van der Waals surface area contributed by atoms with E-state index < -0.39 is 199 Å². The van der Waals surface area contributed by atoms with Gasteiger partial charge in [-0.3, -0.25) is 9.59 Å². The lowest BCUT2D eigenvalue weighted by atomic mass is 9.43. The molecule has 2 heterocycles. The van der Waals surface area contributed by atoms with Gasteiger partial charge >= 0.3 is 35.8 Å². The first-order valence-electron chi connectivity index (χ1n) is 41.7. The van der Waals surface area contributed by atoms with Crippen molar-refractivity contribution in [1.29, 1.82) is 0 Å². The van der Waals surface area contributed by atoms with Crippen LogP contribution in [0.25, 0.3) is 0 Å². The van der Waals surface area contributed by atoms with E-state index in [2.05, 4.69) is 62.3 Å². The number of hydrogen-bond donors (Lipinski definition) is 6. The first kappa shape index (κ1) is 90.7. The van der Waals surface area contributed by atoms with E-state index in [0.717, 1.165) is 53.8 Å². The molecule has 2 unspecified atom stereocenters. The van der Waals surface area contributed by atoms with Gasteiger partial charge in [-0.25, -0.2) is 19.2 Å². The van der Waals surface area contributed by atoms with Crippen LogP contribution in [0.5, 0.6) is 0 Å². The van der Waals surface area contributed by atoms with Gasteiger partial charge in [0.15, 0.2) is 33.9 Å². The van der Waals surface area contributed by atoms with Gasteiger partial charge in [-0.1, -0.05) is 186 Å². The van der Waals surface area contributed by atoms with Crippen LogP contribution in [-0.4, -0.2) is 192 Å². The van der Waals surface area contributed by atoms with Gasteiger partial charge in [0.25, 0.3) is 0 Å². The van der Waals surface area contributed by atoms with E-state index in [1.54, 1.807) is 96.1 Å². The van der Waals surface area contributed by atoms with Gasteiger partial charge < -0.3 is 77.4 Å². The van der Waals surface area contributed by atoms with Crippen molar-refractivity contribution in [3.63, 3.8) is 0 Å². The van der Waals surface area contributed by atoms with E-state index in [1.807, 2.05) is 54.5 Å². The zero-order valence-electron chi connectivity index (χ0n) is 71.4. The Labute approximate surface area is 668 Å². The van der Waals surface area contributed by atoms with Crippen molar-refractivity contribution in [3.8, 4) is 0 Å². The molecular formula is C88H136O22Si2. The van der Waals surface area contributed by atoms with Crippen molar-refractivity contribution < 1.29 is 106 Å². The summed E-state index contributed by atoms with van der Waals surface area (Å²) in [7, 11) is -4.70. The van der Waals surface area contributed by atoms with Crippen LogP contribution < -0.4 is 0 Å². The van der Waals surface area contributed by atoms with Crippen LogP contribution in [0.1, 0.15) is 225 Å². The number of carbonyl (C=O) groups excluding carboxylic acids is 6. The first-order valence-corrected chi connectivity index (χ1v) is 46.8. The molecule has 0 amide bonds. The predicted octanol–water partition coefficient (Wildman–Crippen LogP) is 13.5. The Bertz CT molecular complexity index is 3740. The van der Waals surface area contributed by atoms with Crippen LogP contribution in [-0.2, 0) is 65.9 Å². The second-order valence-electron chi connectivity index (χ2n) is 37.1. The van der Waals surface area contributed by atoms with E-state index in [0.29, 0.717) is 29.9 Å². The SMILES string of the molecule is CC(=O)O[C@@]12CO[C@@H]1C[C@H](O)[C@]1(C)[C@@H]2[C@H](OC(=O)c2ccccc2)[C@]2(O)C[C@H](OC(=O)C(O)[C@@H](C)CC(C)C)C(C)=C([C@H](C)[C@@H]1O)C2(C)C.CC[Si](CC)(CC)OC(C(=O)O[C@H]1C[C@@]2(O)[C@@H](OC(=O)c3ccccc3)[C@@H]3[C@]4(OC(C)=O)CO[C@@H]4C[C@H](O[Si](CC)(CC)CC)[C@@]3(C)[C@@H](O)[C@@H](C)C(=C1C)C2(C)C)[C@@H](C)CC(C)C. The quantitative estimate of drug-likeness (QED) is 0.0221. The van der Waals surface area contributed by atoms with Crippen LogP contribution in [0.15, 0.2) is 83.0 Å². The number of benzene rings is 2. The Hall–Kier alpha value is -5.23. The third kappa shape index (κ3) is 15.6. The second kappa shape index (κ2) is 34.0. The summed E-state index contributed by atoms with van der Waals surface area (Å²) in [5.74, 6) is -7.46. The molecule has 6 aliphatic carbocycles. The lowest BCUT2D eigenvalue weighted by Crippen LogP contribution is -2.82. The molecule has 4 saturated carbocycles. The summed E-state index contributed by atoms with van der Waals surface area (Å²) in [6.45, 7) is 46.0. The molecule has 628 valence electrons. The zero-order valence-corrected chi connectivity index (χ0v) is 73.4. The largest absolute Gasteiger partial charge is 0.456 e. The number of fused-ring (bicyclic) bond motifs is 10. The van der Waals surface area contributed by atoms with E-state index in [1.165, 1.54) is 13.8 Å². The minimum absolute atomic E-state index is 0.0239. The van der Waals surface area contributed by atoms with Crippen molar-refractivity contribution in [1.82, 2.24) is 0 Å². The third-order valence-corrected chi connectivity index (χ3v) is 38.6.